The number of fused-ring (bicyclic) bond motifs is 1. The minimum atomic E-state index is -3.05. The molecule has 2 saturated carbocycles. The van der Waals surface area contributed by atoms with Crippen molar-refractivity contribution in [2.45, 2.75) is 51.0 Å². The summed E-state index contributed by atoms with van der Waals surface area (Å²) in [6.45, 7) is 1.41. The van der Waals surface area contributed by atoms with Crippen LogP contribution in [-0.2, 0) is 10.0 Å². The van der Waals surface area contributed by atoms with Crippen molar-refractivity contribution < 1.29 is 8.42 Å². The van der Waals surface area contributed by atoms with Gasteiger partial charge in [-0.2, -0.15) is 0 Å². The van der Waals surface area contributed by atoms with E-state index in [2.05, 4.69) is 0 Å². The Kier molecular flexibility index (Phi) is 3.89. The molecule has 0 aromatic rings. The van der Waals surface area contributed by atoms with Gasteiger partial charge >= 0.3 is 0 Å². The van der Waals surface area contributed by atoms with Crippen molar-refractivity contribution in [3.63, 3.8) is 0 Å². The maximum absolute atomic E-state index is 12.5. The highest BCUT2D eigenvalue weighted by molar-refractivity contribution is 7.89. The van der Waals surface area contributed by atoms with Crippen LogP contribution in [0.4, 0.5) is 0 Å². The molecule has 3 aliphatic rings. The molecule has 0 amide bonds. The zero-order chi connectivity index (χ0) is 13.5. The zero-order valence-electron chi connectivity index (χ0n) is 11.6. The molecule has 19 heavy (non-hydrogen) atoms. The summed E-state index contributed by atoms with van der Waals surface area (Å²) in [5.74, 6) is 1.71. The second-order valence-electron chi connectivity index (χ2n) is 6.76. The largest absolute Gasteiger partial charge is 0.327 e. The maximum Gasteiger partial charge on any atom is 0.214 e. The molecule has 2 aliphatic carbocycles. The van der Waals surface area contributed by atoms with Crippen LogP contribution in [0.1, 0.15) is 44.9 Å². The van der Waals surface area contributed by atoms with Crippen molar-refractivity contribution in [1.29, 1.82) is 0 Å². The van der Waals surface area contributed by atoms with Crippen molar-refractivity contribution in [2.24, 2.45) is 23.5 Å². The molecule has 3 rings (SSSR count). The van der Waals surface area contributed by atoms with Gasteiger partial charge in [0, 0.05) is 19.1 Å². The van der Waals surface area contributed by atoms with Crippen molar-refractivity contribution in [3.8, 4) is 0 Å². The topological polar surface area (TPSA) is 63.4 Å². The molecule has 1 heterocycles. The summed E-state index contributed by atoms with van der Waals surface area (Å²) in [4.78, 5) is 0. The highest BCUT2D eigenvalue weighted by Crippen LogP contribution is 2.38. The molecule has 3 fully saturated rings. The second-order valence-corrected chi connectivity index (χ2v) is 8.78. The van der Waals surface area contributed by atoms with E-state index in [1.165, 1.54) is 19.3 Å². The van der Waals surface area contributed by atoms with Crippen LogP contribution in [0.5, 0.6) is 0 Å². The van der Waals surface area contributed by atoms with Crippen molar-refractivity contribution in [1.82, 2.24) is 4.31 Å². The average Bonchev–Trinajstić information content (AvgIpc) is 2.93. The van der Waals surface area contributed by atoms with E-state index in [1.807, 2.05) is 0 Å². The van der Waals surface area contributed by atoms with E-state index >= 15 is 0 Å². The highest BCUT2D eigenvalue weighted by Gasteiger charge is 2.44. The van der Waals surface area contributed by atoms with Crippen molar-refractivity contribution in [3.05, 3.63) is 0 Å². The fraction of sp³-hybridized carbons (Fsp3) is 1.00. The lowest BCUT2D eigenvalue weighted by molar-refractivity contribution is 0.371. The quantitative estimate of drug-likeness (QED) is 0.856. The Balaban J connectivity index is 1.61. The van der Waals surface area contributed by atoms with Gasteiger partial charge in [0.15, 0.2) is 0 Å². The van der Waals surface area contributed by atoms with Gasteiger partial charge < -0.3 is 5.73 Å². The number of rotatable bonds is 3. The monoisotopic (exact) mass is 286 g/mol. The van der Waals surface area contributed by atoms with Gasteiger partial charge in [0.2, 0.25) is 10.0 Å². The molecule has 0 spiro atoms. The van der Waals surface area contributed by atoms with Crippen molar-refractivity contribution >= 4 is 10.0 Å². The Labute approximate surface area is 116 Å². The Bertz CT molecular complexity index is 417. The third-order valence-electron chi connectivity index (χ3n) is 5.44. The molecule has 3 atom stereocenters. The predicted molar refractivity (Wildman–Crippen MR) is 76.1 cm³/mol. The van der Waals surface area contributed by atoms with Gasteiger partial charge in [-0.05, 0) is 43.4 Å². The van der Waals surface area contributed by atoms with E-state index in [4.69, 9.17) is 5.73 Å². The molecular formula is C14H26N2O2S. The Morgan fingerprint density at radius 3 is 2.42 bits per heavy atom. The lowest BCUT2D eigenvalue weighted by Gasteiger charge is -2.25. The van der Waals surface area contributed by atoms with E-state index in [9.17, 15) is 8.42 Å². The van der Waals surface area contributed by atoms with Crippen LogP contribution in [0.15, 0.2) is 0 Å². The first-order valence-corrected chi connectivity index (χ1v) is 9.40. The molecule has 0 radical (unpaired) electrons. The summed E-state index contributed by atoms with van der Waals surface area (Å²) < 4.78 is 26.8. The molecule has 1 saturated heterocycles. The number of sulfonamides is 1. The van der Waals surface area contributed by atoms with Crippen LogP contribution in [-0.4, -0.2) is 37.6 Å². The average molecular weight is 286 g/mol. The molecule has 5 heteroatoms. The van der Waals surface area contributed by atoms with Crippen LogP contribution in [0.3, 0.4) is 0 Å². The maximum atomic E-state index is 12.5. The number of hydrogen-bond acceptors (Lipinski definition) is 3. The van der Waals surface area contributed by atoms with Gasteiger partial charge in [-0.25, -0.2) is 12.7 Å². The van der Waals surface area contributed by atoms with Gasteiger partial charge in [0.25, 0.3) is 0 Å². The van der Waals surface area contributed by atoms with Crippen LogP contribution in [0.25, 0.3) is 0 Å². The first kappa shape index (κ1) is 13.8. The van der Waals surface area contributed by atoms with Gasteiger partial charge in [-0.1, -0.05) is 19.3 Å². The smallest absolute Gasteiger partial charge is 0.214 e. The van der Waals surface area contributed by atoms with E-state index in [-0.39, 0.29) is 6.04 Å². The molecule has 2 N–H and O–H groups in total. The van der Waals surface area contributed by atoms with Crippen LogP contribution < -0.4 is 5.73 Å². The lowest BCUT2D eigenvalue weighted by Crippen LogP contribution is -2.36. The number of nitrogens with zero attached hydrogens (tertiary/aromatic N) is 1. The molecule has 0 bridgehead atoms. The van der Waals surface area contributed by atoms with E-state index in [0.29, 0.717) is 30.1 Å². The molecule has 110 valence electrons. The Morgan fingerprint density at radius 2 is 1.74 bits per heavy atom. The molecule has 3 unspecified atom stereocenters. The van der Waals surface area contributed by atoms with E-state index in [0.717, 1.165) is 32.2 Å². The van der Waals surface area contributed by atoms with Gasteiger partial charge in [-0.3, -0.25) is 0 Å². The van der Waals surface area contributed by atoms with Crippen LogP contribution >= 0.6 is 0 Å². The molecule has 4 nitrogen and oxygen atoms in total. The van der Waals surface area contributed by atoms with Crippen LogP contribution in [0, 0.1) is 17.8 Å². The summed E-state index contributed by atoms with van der Waals surface area (Å²) in [6.07, 6.45) is 8.07. The first-order chi connectivity index (χ1) is 9.06. The minimum Gasteiger partial charge on any atom is -0.327 e. The number of hydrogen-bond donors (Lipinski definition) is 1. The fourth-order valence-corrected chi connectivity index (χ4v) is 6.21. The number of nitrogens with two attached hydrogens (primary N) is 1. The molecule has 1 aliphatic heterocycles. The second kappa shape index (κ2) is 5.34. The summed E-state index contributed by atoms with van der Waals surface area (Å²) >= 11 is 0. The first-order valence-electron chi connectivity index (χ1n) is 7.79. The summed E-state index contributed by atoms with van der Waals surface area (Å²) in [5.41, 5.74) is 6.09. The van der Waals surface area contributed by atoms with Gasteiger partial charge in [0.1, 0.15) is 0 Å². The van der Waals surface area contributed by atoms with E-state index < -0.39 is 10.0 Å². The van der Waals surface area contributed by atoms with E-state index in [1.54, 1.807) is 4.31 Å². The minimum absolute atomic E-state index is 0.222. The summed E-state index contributed by atoms with van der Waals surface area (Å²) in [6, 6.07) is 0.222. The molecular weight excluding hydrogens is 260 g/mol. The summed E-state index contributed by atoms with van der Waals surface area (Å²) in [7, 11) is -3.05. The summed E-state index contributed by atoms with van der Waals surface area (Å²) in [5, 5.41) is 0. The lowest BCUT2D eigenvalue weighted by atomic mass is 9.91. The molecule has 0 aromatic heterocycles. The van der Waals surface area contributed by atoms with Gasteiger partial charge in [-0.15, -0.1) is 0 Å². The molecule has 0 aromatic carbocycles. The normalized spacial score (nSPS) is 37.6. The zero-order valence-corrected chi connectivity index (χ0v) is 12.4. The standard InChI is InChI=1S/C14H26N2O2S/c15-14-7-6-12-8-16(9-13(12)14)19(17,18)10-11-4-2-1-3-5-11/h11-14H,1-10,15H2. The Morgan fingerprint density at radius 1 is 1.00 bits per heavy atom. The van der Waals surface area contributed by atoms with Gasteiger partial charge in [0.05, 0.1) is 5.75 Å². The fourth-order valence-electron chi connectivity index (χ4n) is 4.25. The predicted octanol–water partition coefficient (Wildman–Crippen LogP) is 1.57. The SMILES string of the molecule is NC1CCC2CN(S(=O)(=O)CC3CCCCC3)CC12. The Hall–Kier alpha value is -0.130. The van der Waals surface area contributed by atoms with Crippen LogP contribution in [0.2, 0.25) is 0 Å². The third kappa shape index (κ3) is 2.83. The third-order valence-corrected chi connectivity index (χ3v) is 7.42. The van der Waals surface area contributed by atoms with Crippen molar-refractivity contribution in [2.75, 3.05) is 18.8 Å². The highest BCUT2D eigenvalue weighted by atomic mass is 32.2.